The molecule has 12 heteroatoms. The smallest absolute Gasteiger partial charge is 0.261 e. The number of nitrogens with zero attached hydrogens (tertiary/aromatic N) is 5. The Hall–Kier alpha value is -3.40. The third kappa shape index (κ3) is 5.87. The van der Waals surface area contributed by atoms with Crippen molar-refractivity contribution in [3.63, 3.8) is 0 Å². The molecule has 3 rings (SSSR count). The Morgan fingerprint density at radius 2 is 1.61 bits per heavy atom. The molecule has 11 nitrogen and oxygen atoms in total. The lowest BCUT2D eigenvalue weighted by molar-refractivity contribution is 0.0693. The van der Waals surface area contributed by atoms with Crippen LogP contribution < -0.4 is 10.6 Å². The highest BCUT2D eigenvalue weighted by atomic mass is 79.9. The molecule has 0 spiro atoms. The molecule has 0 atom stereocenters. The molecule has 0 aliphatic carbocycles. The molecule has 36 heavy (non-hydrogen) atoms. The fraction of sp³-hybridized carbons (Fsp3) is 0.417. The van der Waals surface area contributed by atoms with Gasteiger partial charge < -0.3 is 20.1 Å². The molecule has 2 heterocycles. The standard InChI is InChI=1S/C24H28BrN7O4/c1-14-17(13-26)21(27-7-5-9-35-3)29-22(28-8-6-10-36-4)20(14)31-30-19-12-16-15(11-18(19)25)23(33)32(2)24(16)34/h11-12H,5-10H2,1-4H3,(H2,27,28,29). The van der Waals surface area contributed by atoms with Crippen LogP contribution in [0.2, 0.25) is 0 Å². The lowest BCUT2D eigenvalue weighted by Crippen LogP contribution is -2.24. The van der Waals surface area contributed by atoms with Gasteiger partial charge in [-0.3, -0.25) is 14.5 Å². The lowest BCUT2D eigenvalue weighted by atomic mass is 10.1. The van der Waals surface area contributed by atoms with Gasteiger partial charge >= 0.3 is 0 Å². The van der Waals surface area contributed by atoms with Gasteiger partial charge in [0.25, 0.3) is 11.8 Å². The van der Waals surface area contributed by atoms with Crippen molar-refractivity contribution < 1.29 is 19.1 Å². The quantitative estimate of drug-likeness (QED) is 0.219. The van der Waals surface area contributed by atoms with Crippen molar-refractivity contribution in [1.82, 2.24) is 9.88 Å². The first-order chi connectivity index (χ1) is 17.3. The summed E-state index contributed by atoms with van der Waals surface area (Å²) < 4.78 is 10.7. The van der Waals surface area contributed by atoms with Crippen LogP contribution >= 0.6 is 15.9 Å². The van der Waals surface area contributed by atoms with Gasteiger partial charge in [-0.1, -0.05) is 0 Å². The highest BCUT2D eigenvalue weighted by Gasteiger charge is 2.33. The van der Waals surface area contributed by atoms with E-state index < -0.39 is 5.91 Å². The van der Waals surface area contributed by atoms with E-state index in [1.165, 1.54) is 13.1 Å². The minimum Gasteiger partial charge on any atom is -0.385 e. The third-order valence-corrected chi connectivity index (χ3v) is 6.21. The van der Waals surface area contributed by atoms with Gasteiger partial charge in [-0.15, -0.1) is 10.2 Å². The number of rotatable bonds is 12. The maximum Gasteiger partial charge on any atom is 0.261 e. The highest BCUT2D eigenvalue weighted by molar-refractivity contribution is 9.10. The van der Waals surface area contributed by atoms with E-state index in [0.29, 0.717) is 70.5 Å². The Labute approximate surface area is 218 Å². The van der Waals surface area contributed by atoms with Crippen molar-refractivity contribution in [3.05, 3.63) is 38.9 Å². The van der Waals surface area contributed by atoms with Gasteiger partial charge in [0.2, 0.25) is 0 Å². The lowest BCUT2D eigenvalue weighted by Gasteiger charge is -2.15. The number of carbonyl (C=O) groups is 2. The predicted octanol–water partition coefficient (Wildman–Crippen LogP) is 4.56. The van der Waals surface area contributed by atoms with Crippen LogP contribution in [0.25, 0.3) is 0 Å². The molecule has 190 valence electrons. The van der Waals surface area contributed by atoms with Crippen LogP contribution in [0, 0.1) is 18.3 Å². The molecule has 0 saturated carbocycles. The van der Waals surface area contributed by atoms with Gasteiger partial charge in [0.05, 0.1) is 16.7 Å². The Morgan fingerprint density at radius 1 is 1.03 bits per heavy atom. The number of aromatic nitrogens is 1. The molecule has 1 aromatic heterocycles. The molecule has 1 aromatic carbocycles. The largest absolute Gasteiger partial charge is 0.385 e. The molecule has 2 amide bonds. The molecular weight excluding hydrogens is 530 g/mol. The number of anilines is 2. The number of nitrogens with one attached hydrogen (secondary N) is 2. The van der Waals surface area contributed by atoms with E-state index >= 15 is 0 Å². The minimum atomic E-state index is -0.395. The van der Waals surface area contributed by atoms with E-state index in [-0.39, 0.29) is 11.5 Å². The van der Waals surface area contributed by atoms with Crippen LogP contribution in [0.5, 0.6) is 0 Å². The van der Waals surface area contributed by atoms with Crippen LogP contribution in [-0.4, -0.2) is 69.3 Å². The topological polar surface area (TPSA) is 141 Å². The molecule has 1 aliphatic rings. The summed E-state index contributed by atoms with van der Waals surface area (Å²) in [5, 5.41) is 25.0. The van der Waals surface area contributed by atoms with Crippen molar-refractivity contribution in [2.75, 3.05) is 58.2 Å². The summed E-state index contributed by atoms with van der Waals surface area (Å²) in [6, 6.07) is 5.30. The van der Waals surface area contributed by atoms with Crippen LogP contribution in [0.4, 0.5) is 23.0 Å². The summed E-state index contributed by atoms with van der Waals surface area (Å²) in [5.74, 6) is 0.149. The molecule has 2 aromatic rings. The number of halogens is 1. The van der Waals surface area contributed by atoms with Gasteiger partial charge in [0, 0.05) is 57.6 Å². The molecule has 0 radical (unpaired) electrons. The SMILES string of the molecule is COCCCNc1nc(NCCCOC)c(N=Nc2cc3c(cc2Br)C(=O)N(C)C3=O)c(C)c1C#N. The summed E-state index contributed by atoms with van der Waals surface area (Å²) >= 11 is 3.41. The zero-order valence-electron chi connectivity index (χ0n) is 20.6. The number of fused-ring (bicyclic) bond motifs is 1. The number of imide groups is 1. The maximum absolute atomic E-state index is 12.4. The highest BCUT2D eigenvalue weighted by Crippen LogP contribution is 2.37. The third-order valence-electron chi connectivity index (χ3n) is 5.58. The number of amides is 2. The number of nitriles is 1. The van der Waals surface area contributed by atoms with Crippen molar-refractivity contribution in [1.29, 1.82) is 5.26 Å². The van der Waals surface area contributed by atoms with Gasteiger partial charge in [0.1, 0.15) is 23.3 Å². The Morgan fingerprint density at radius 3 is 2.19 bits per heavy atom. The van der Waals surface area contributed by atoms with E-state index in [1.807, 2.05) is 0 Å². The Bertz CT molecular complexity index is 1230. The fourth-order valence-electron chi connectivity index (χ4n) is 3.60. The number of hydrogen-bond acceptors (Lipinski definition) is 10. The average molecular weight is 558 g/mol. The van der Waals surface area contributed by atoms with Crippen molar-refractivity contribution in [2.24, 2.45) is 10.2 Å². The summed E-state index contributed by atoms with van der Waals surface area (Å²) in [4.78, 5) is 30.4. The molecular formula is C24H28BrN7O4. The molecule has 0 unspecified atom stereocenters. The number of ether oxygens (including phenoxy) is 2. The van der Waals surface area contributed by atoms with E-state index in [2.05, 4.69) is 47.8 Å². The fourth-order valence-corrected chi connectivity index (χ4v) is 4.02. The number of azo groups is 1. The van der Waals surface area contributed by atoms with Gasteiger partial charge in [-0.25, -0.2) is 4.98 Å². The summed E-state index contributed by atoms with van der Waals surface area (Å²) in [6.45, 7) is 4.10. The van der Waals surface area contributed by atoms with E-state index in [4.69, 9.17) is 9.47 Å². The molecule has 1 aliphatic heterocycles. The van der Waals surface area contributed by atoms with Gasteiger partial charge in [-0.2, -0.15) is 5.26 Å². The van der Waals surface area contributed by atoms with Crippen LogP contribution in [0.1, 0.15) is 44.7 Å². The second-order valence-corrected chi connectivity index (χ2v) is 8.89. The summed E-state index contributed by atoms with van der Waals surface area (Å²) in [7, 11) is 4.71. The Kier molecular flexibility index (Phi) is 9.46. The zero-order valence-corrected chi connectivity index (χ0v) is 22.2. The summed E-state index contributed by atoms with van der Waals surface area (Å²) in [6.07, 6.45) is 1.49. The number of carbonyl (C=O) groups excluding carboxylic acids is 2. The van der Waals surface area contributed by atoms with E-state index in [0.717, 1.165) is 17.7 Å². The van der Waals surface area contributed by atoms with Crippen LogP contribution in [0.15, 0.2) is 26.8 Å². The first-order valence-corrected chi connectivity index (χ1v) is 12.1. The van der Waals surface area contributed by atoms with Crippen LogP contribution in [0.3, 0.4) is 0 Å². The number of methoxy groups -OCH3 is 2. The van der Waals surface area contributed by atoms with E-state index in [9.17, 15) is 14.9 Å². The minimum absolute atomic E-state index is 0.265. The predicted molar refractivity (Wildman–Crippen MR) is 138 cm³/mol. The first-order valence-electron chi connectivity index (χ1n) is 11.3. The number of benzene rings is 1. The molecule has 0 fully saturated rings. The van der Waals surface area contributed by atoms with Gasteiger partial charge in [-0.05, 0) is 47.8 Å². The first kappa shape index (κ1) is 27.2. The Balaban J connectivity index is 1.99. The maximum atomic E-state index is 12.4. The van der Waals surface area contributed by atoms with Crippen molar-refractivity contribution in [3.8, 4) is 6.07 Å². The number of pyridine rings is 1. The second-order valence-electron chi connectivity index (χ2n) is 8.03. The zero-order chi connectivity index (χ0) is 26.2. The number of hydrogen-bond donors (Lipinski definition) is 2. The normalized spacial score (nSPS) is 12.8. The van der Waals surface area contributed by atoms with Crippen molar-refractivity contribution in [2.45, 2.75) is 19.8 Å². The van der Waals surface area contributed by atoms with Crippen molar-refractivity contribution >= 4 is 50.8 Å². The molecule has 2 N–H and O–H groups in total. The van der Waals surface area contributed by atoms with Crippen LogP contribution in [-0.2, 0) is 9.47 Å². The van der Waals surface area contributed by atoms with Gasteiger partial charge in [0.15, 0.2) is 5.82 Å². The van der Waals surface area contributed by atoms with E-state index in [1.54, 1.807) is 27.2 Å². The second kappa shape index (κ2) is 12.5. The average Bonchev–Trinajstić information content (AvgIpc) is 3.07. The molecule has 0 saturated heterocycles. The summed E-state index contributed by atoms with van der Waals surface area (Å²) in [5.41, 5.74) is 2.30. The monoisotopic (exact) mass is 557 g/mol. The molecule has 0 bridgehead atoms.